The zero-order chi connectivity index (χ0) is 19.7. The molecule has 28 heavy (non-hydrogen) atoms. The first-order valence-electron chi connectivity index (χ1n) is 9.07. The van der Waals surface area contributed by atoms with E-state index in [4.69, 9.17) is 9.47 Å². The highest BCUT2D eigenvalue weighted by atomic mass is 32.1. The molecule has 1 aliphatic carbocycles. The molecule has 0 spiro atoms. The highest BCUT2D eigenvalue weighted by molar-refractivity contribution is 7.16. The molecule has 0 bridgehead atoms. The summed E-state index contributed by atoms with van der Waals surface area (Å²) in [6, 6.07) is 7.21. The van der Waals surface area contributed by atoms with Crippen LogP contribution in [0.5, 0.6) is 11.5 Å². The lowest BCUT2D eigenvalue weighted by molar-refractivity contribution is -0.119. The van der Waals surface area contributed by atoms with Gasteiger partial charge in [0.2, 0.25) is 0 Å². The lowest BCUT2D eigenvalue weighted by Crippen LogP contribution is -2.25. The summed E-state index contributed by atoms with van der Waals surface area (Å²) in [5.74, 6) is 1.04. The fourth-order valence-corrected chi connectivity index (χ4v) is 4.80. The van der Waals surface area contributed by atoms with Crippen molar-refractivity contribution in [3.05, 3.63) is 34.2 Å². The summed E-state index contributed by atoms with van der Waals surface area (Å²) in [6.45, 7) is 1.99. The summed E-state index contributed by atoms with van der Waals surface area (Å²) in [5, 5.41) is 15.6. The van der Waals surface area contributed by atoms with Gasteiger partial charge in [-0.05, 0) is 42.9 Å². The van der Waals surface area contributed by atoms with Crippen LogP contribution in [0.25, 0.3) is 0 Å². The van der Waals surface area contributed by atoms with E-state index < -0.39 is 0 Å². The third-order valence-electron chi connectivity index (χ3n) is 4.83. The van der Waals surface area contributed by atoms with E-state index in [0.717, 1.165) is 24.8 Å². The van der Waals surface area contributed by atoms with Crippen LogP contribution in [-0.2, 0) is 22.4 Å². The minimum absolute atomic E-state index is 0.0135. The fourth-order valence-electron chi connectivity index (χ4n) is 3.42. The second kappa shape index (κ2) is 7.52. The zero-order valence-electron chi connectivity index (χ0n) is 15.3. The number of rotatable bonds is 4. The Hall–Kier alpha value is -3.05. The van der Waals surface area contributed by atoms with Gasteiger partial charge in [-0.1, -0.05) is 6.92 Å². The lowest BCUT2D eigenvalue weighted by atomic mass is 9.89. The maximum Gasteiger partial charge on any atom is 0.262 e. The second-order valence-corrected chi connectivity index (χ2v) is 8.10. The van der Waals surface area contributed by atoms with Crippen LogP contribution in [0.4, 0.5) is 10.7 Å². The van der Waals surface area contributed by atoms with Crippen molar-refractivity contribution in [2.24, 2.45) is 5.92 Å². The van der Waals surface area contributed by atoms with Gasteiger partial charge in [0.25, 0.3) is 11.8 Å². The summed E-state index contributed by atoms with van der Waals surface area (Å²) in [4.78, 5) is 24.9. The van der Waals surface area contributed by atoms with Crippen LogP contribution in [0.1, 0.15) is 29.3 Å². The van der Waals surface area contributed by atoms with Crippen LogP contribution in [-0.4, -0.2) is 25.0 Å². The number of benzene rings is 1. The van der Waals surface area contributed by atoms with Gasteiger partial charge in [-0.3, -0.25) is 9.59 Å². The van der Waals surface area contributed by atoms with E-state index in [1.54, 1.807) is 18.2 Å². The van der Waals surface area contributed by atoms with Crippen LogP contribution in [0, 0.1) is 17.2 Å². The van der Waals surface area contributed by atoms with Gasteiger partial charge in [-0.25, -0.2) is 0 Å². The fraction of sp³-hybridized carbons (Fsp3) is 0.350. The maximum absolute atomic E-state index is 12.3. The minimum atomic E-state index is -0.332. The van der Waals surface area contributed by atoms with Crippen molar-refractivity contribution in [1.82, 2.24) is 0 Å². The molecule has 0 saturated carbocycles. The van der Waals surface area contributed by atoms with Crippen LogP contribution in [0.15, 0.2) is 18.2 Å². The number of thiophene rings is 1. The molecule has 144 valence electrons. The molecule has 2 amide bonds. The summed E-state index contributed by atoms with van der Waals surface area (Å²) < 4.78 is 10.8. The number of nitrogens with one attached hydrogen (secondary N) is 2. The van der Waals surface area contributed by atoms with Gasteiger partial charge in [0.1, 0.15) is 22.6 Å². The van der Waals surface area contributed by atoms with Crippen molar-refractivity contribution >= 4 is 33.8 Å². The van der Waals surface area contributed by atoms with Crippen LogP contribution in [0.2, 0.25) is 0 Å². The normalized spacial score (nSPS) is 17.4. The Morgan fingerprint density at radius 2 is 2.36 bits per heavy atom. The Kier molecular flexibility index (Phi) is 4.92. The third kappa shape index (κ3) is 3.66. The number of nitrogens with zero attached hydrogens (tertiary/aromatic N) is 1. The van der Waals surface area contributed by atoms with Crippen molar-refractivity contribution in [3.63, 3.8) is 0 Å². The number of hydrogen-bond acceptors (Lipinski definition) is 6. The molecule has 2 N–H and O–H groups in total. The average molecular weight is 397 g/mol. The number of fused-ring (bicyclic) bond motifs is 2. The van der Waals surface area contributed by atoms with Gasteiger partial charge in [0, 0.05) is 10.9 Å². The third-order valence-corrected chi connectivity index (χ3v) is 6.00. The molecule has 1 aliphatic heterocycles. The average Bonchev–Trinajstić information content (AvgIpc) is 3.01. The van der Waals surface area contributed by atoms with Crippen LogP contribution < -0.4 is 20.1 Å². The van der Waals surface area contributed by atoms with Crippen molar-refractivity contribution in [2.75, 3.05) is 23.8 Å². The molecular formula is C20H19N3O4S. The lowest BCUT2D eigenvalue weighted by Gasteiger charge is -2.18. The van der Waals surface area contributed by atoms with Gasteiger partial charge in [0.15, 0.2) is 13.2 Å². The Morgan fingerprint density at radius 1 is 1.50 bits per heavy atom. The summed E-state index contributed by atoms with van der Waals surface area (Å²) in [5.41, 5.74) is 2.17. The molecule has 0 fully saturated rings. The van der Waals surface area contributed by atoms with E-state index in [2.05, 4.69) is 23.6 Å². The molecule has 1 aromatic heterocycles. The monoisotopic (exact) mass is 397 g/mol. The molecule has 2 heterocycles. The van der Waals surface area contributed by atoms with Crippen molar-refractivity contribution in [3.8, 4) is 17.6 Å². The first kappa shape index (κ1) is 18.3. The molecule has 8 heteroatoms. The van der Waals surface area contributed by atoms with E-state index in [1.807, 2.05) is 0 Å². The Labute approximate surface area is 166 Å². The smallest absolute Gasteiger partial charge is 0.262 e. The molecular weight excluding hydrogens is 378 g/mol. The largest absolute Gasteiger partial charge is 0.484 e. The van der Waals surface area contributed by atoms with Gasteiger partial charge in [0.05, 0.1) is 11.3 Å². The summed E-state index contributed by atoms with van der Waals surface area (Å²) in [6.07, 6.45) is 2.89. The Morgan fingerprint density at radius 3 is 3.18 bits per heavy atom. The Bertz CT molecular complexity index is 992. The number of carbonyl (C=O) groups is 2. The molecule has 2 aliphatic rings. The number of hydrogen-bond donors (Lipinski definition) is 2. The SMILES string of the molecule is CC1CCc2c(sc(NC(=O)COc3ccc4c(c3)NC(=O)CO4)c2C#N)C1. The van der Waals surface area contributed by atoms with Crippen molar-refractivity contribution in [1.29, 1.82) is 5.26 Å². The number of ether oxygens (including phenoxy) is 2. The number of amides is 2. The van der Waals surface area contributed by atoms with Crippen LogP contribution in [0.3, 0.4) is 0 Å². The number of anilines is 2. The van der Waals surface area contributed by atoms with E-state index in [0.29, 0.717) is 33.7 Å². The van der Waals surface area contributed by atoms with Gasteiger partial charge >= 0.3 is 0 Å². The standard InChI is InChI=1S/C20H19N3O4S/c1-11-2-4-13-14(8-21)20(28-17(13)6-11)23-19(25)9-26-12-3-5-16-15(7-12)22-18(24)10-27-16/h3,5,7,11H,2,4,6,9-10H2,1H3,(H,22,24)(H,23,25). The number of nitriles is 1. The quantitative estimate of drug-likeness (QED) is 0.826. The van der Waals surface area contributed by atoms with Gasteiger partial charge in [-0.2, -0.15) is 5.26 Å². The van der Waals surface area contributed by atoms with E-state index >= 15 is 0 Å². The highest BCUT2D eigenvalue weighted by Crippen LogP contribution is 2.39. The van der Waals surface area contributed by atoms with Gasteiger partial charge < -0.3 is 20.1 Å². The first-order chi connectivity index (χ1) is 13.5. The minimum Gasteiger partial charge on any atom is -0.484 e. The highest BCUT2D eigenvalue weighted by Gasteiger charge is 2.24. The molecule has 4 rings (SSSR count). The van der Waals surface area contributed by atoms with Crippen LogP contribution >= 0.6 is 11.3 Å². The molecule has 2 aromatic rings. The number of carbonyl (C=O) groups excluding carboxylic acids is 2. The molecule has 1 atom stereocenters. The van der Waals surface area contributed by atoms with E-state index in [9.17, 15) is 14.9 Å². The topological polar surface area (TPSA) is 100 Å². The molecule has 0 radical (unpaired) electrons. The first-order valence-corrected chi connectivity index (χ1v) is 9.89. The summed E-state index contributed by atoms with van der Waals surface area (Å²) >= 11 is 1.49. The maximum atomic E-state index is 12.3. The van der Waals surface area contributed by atoms with Crippen molar-refractivity contribution in [2.45, 2.75) is 26.2 Å². The second-order valence-electron chi connectivity index (χ2n) is 7.00. The van der Waals surface area contributed by atoms with E-state index in [1.165, 1.54) is 16.2 Å². The summed E-state index contributed by atoms with van der Waals surface area (Å²) in [7, 11) is 0. The molecule has 1 aromatic carbocycles. The predicted molar refractivity (Wildman–Crippen MR) is 105 cm³/mol. The molecule has 0 saturated heterocycles. The predicted octanol–water partition coefficient (Wildman–Crippen LogP) is 3.09. The van der Waals surface area contributed by atoms with E-state index in [-0.39, 0.29) is 25.0 Å². The molecule has 7 nitrogen and oxygen atoms in total. The Balaban J connectivity index is 1.41. The molecule has 1 unspecified atom stereocenters. The van der Waals surface area contributed by atoms with Crippen molar-refractivity contribution < 1.29 is 19.1 Å². The zero-order valence-corrected chi connectivity index (χ0v) is 16.1. The van der Waals surface area contributed by atoms with Gasteiger partial charge in [-0.15, -0.1) is 11.3 Å².